The molecular weight excluding hydrogens is 1140 g/mol. The number of nitrogens with zero attached hydrogens (tertiary/aromatic N) is 10. The Morgan fingerprint density at radius 1 is 0.303 bits per heavy atom. The van der Waals surface area contributed by atoms with Crippen molar-refractivity contribution in [2.75, 3.05) is 0 Å². The van der Waals surface area contributed by atoms with Gasteiger partial charge in [0.05, 0.1) is 5.69 Å². The van der Waals surface area contributed by atoms with Crippen LogP contribution in [-0.2, 0) is 0 Å². The molecule has 368 valence electrons. The van der Waals surface area contributed by atoms with Gasteiger partial charge < -0.3 is 10.0 Å². The van der Waals surface area contributed by atoms with Crippen molar-refractivity contribution in [1.29, 1.82) is 0 Å². The highest BCUT2D eigenvalue weighted by atomic mass is 79.9. The quantitative estimate of drug-likeness (QED) is 0.127. The molecular formula is C60H42BBr3N10O2. The molecule has 0 saturated heterocycles. The van der Waals surface area contributed by atoms with Gasteiger partial charge in [-0.05, 0) is 108 Å². The molecule has 0 aliphatic carbocycles. The van der Waals surface area contributed by atoms with Crippen molar-refractivity contribution in [2.45, 2.75) is 0 Å². The lowest BCUT2D eigenvalue weighted by Crippen LogP contribution is -2.29. The SMILES string of the molecule is Brc1cccc(-c2nnc(-c3cccc(Br)c3)n2-c2cccc(Br)c2)c1.OB(O)c1cccnc1.c1cncc(-c2cccc(-c3nnc(-c4cccc(-c5cccnc5)c4)n3-c3cccc(-c4cccnc4)c3)c2)c1. The molecule has 0 aliphatic heterocycles. The first kappa shape index (κ1) is 51.1. The van der Waals surface area contributed by atoms with Gasteiger partial charge in [-0.1, -0.05) is 151 Å². The normalized spacial score (nSPS) is 10.7. The van der Waals surface area contributed by atoms with Crippen LogP contribution in [0.4, 0.5) is 0 Å². The average Bonchev–Trinajstić information content (AvgIpc) is 4.14. The smallest absolute Gasteiger partial charge is 0.423 e. The van der Waals surface area contributed by atoms with E-state index in [2.05, 4.69) is 178 Å². The summed E-state index contributed by atoms with van der Waals surface area (Å²) in [5.74, 6) is 3.08. The number of hydrogen-bond donors (Lipinski definition) is 2. The minimum atomic E-state index is -1.40. The fraction of sp³-hybridized carbons (Fsp3) is 0. The maximum Gasteiger partial charge on any atom is 0.490 e. The molecule has 6 heterocycles. The first-order valence-electron chi connectivity index (χ1n) is 23.7. The van der Waals surface area contributed by atoms with Gasteiger partial charge in [0.2, 0.25) is 0 Å². The Labute approximate surface area is 464 Å². The van der Waals surface area contributed by atoms with Gasteiger partial charge in [0.15, 0.2) is 23.3 Å². The van der Waals surface area contributed by atoms with E-state index in [1.807, 2.05) is 110 Å². The third kappa shape index (κ3) is 12.2. The van der Waals surface area contributed by atoms with E-state index in [0.717, 1.165) is 104 Å². The van der Waals surface area contributed by atoms with Crippen molar-refractivity contribution in [3.63, 3.8) is 0 Å². The van der Waals surface area contributed by atoms with Gasteiger partial charge >= 0.3 is 7.12 Å². The van der Waals surface area contributed by atoms with Gasteiger partial charge in [-0.3, -0.25) is 29.1 Å². The highest BCUT2D eigenvalue weighted by Gasteiger charge is 2.21. The molecule has 6 aromatic heterocycles. The lowest BCUT2D eigenvalue weighted by atomic mass is 9.82. The van der Waals surface area contributed by atoms with Crippen molar-refractivity contribution in [3.05, 3.63) is 257 Å². The van der Waals surface area contributed by atoms with E-state index in [0.29, 0.717) is 5.46 Å². The maximum absolute atomic E-state index is 8.54. The zero-order valence-electron chi connectivity index (χ0n) is 40.2. The molecule has 12 nitrogen and oxygen atoms in total. The molecule has 0 bridgehead atoms. The van der Waals surface area contributed by atoms with Crippen LogP contribution >= 0.6 is 47.8 Å². The summed E-state index contributed by atoms with van der Waals surface area (Å²) in [7, 11) is -1.40. The van der Waals surface area contributed by atoms with E-state index in [4.69, 9.17) is 20.2 Å². The molecule has 0 unspecified atom stereocenters. The second-order valence-corrected chi connectivity index (χ2v) is 19.7. The number of halogens is 3. The summed E-state index contributed by atoms with van der Waals surface area (Å²) in [5, 5.41) is 35.6. The Morgan fingerprint density at radius 3 is 0.974 bits per heavy atom. The summed E-state index contributed by atoms with van der Waals surface area (Å²) in [6, 6.07) is 64.6. The predicted octanol–water partition coefficient (Wildman–Crippen LogP) is 13.4. The number of rotatable bonds is 10. The van der Waals surface area contributed by atoms with Crippen molar-refractivity contribution in [2.24, 2.45) is 0 Å². The standard InChI is InChI=1S/C35H24N6.C20H12Br3N3.C5H6BNO2/c1-7-25(30-12-4-16-36-22-30)19-28(10-1)34-39-40-35(29-11-2-8-26(20-29)31-13-5-17-37-23-31)41(34)33-15-3-9-27(21-33)32-14-6-18-38-24-32;21-15-6-1-4-13(10-15)19-24-25-20(14-5-2-7-16(22)11-14)26(19)18-9-3-8-17(23)12-18;8-6(9)5-2-1-3-7-4-5/h1-24H;1-12H;1-4,8-9H. The monoisotopic (exact) mass is 1180 g/mol. The van der Waals surface area contributed by atoms with Gasteiger partial charge in [-0.2, -0.15) is 0 Å². The van der Waals surface area contributed by atoms with Crippen molar-refractivity contribution in [1.82, 2.24) is 49.5 Å². The Balaban J connectivity index is 0.000000159. The van der Waals surface area contributed by atoms with Crippen LogP contribution in [0.2, 0.25) is 0 Å². The first-order valence-corrected chi connectivity index (χ1v) is 26.1. The topological polar surface area (TPSA) is 153 Å². The van der Waals surface area contributed by atoms with E-state index in [1.165, 1.54) is 6.20 Å². The highest BCUT2D eigenvalue weighted by Crippen LogP contribution is 2.35. The second kappa shape index (κ2) is 24.3. The van der Waals surface area contributed by atoms with Crippen LogP contribution in [0, 0.1) is 0 Å². The maximum atomic E-state index is 8.54. The van der Waals surface area contributed by atoms with Crippen LogP contribution in [0.3, 0.4) is 0 Å². The largest absolute Gasteiger partial charge is 0.490 e. The van der Waals surface area contributed by atoms with Gasteiger partial charge in [-0.25, -0.2) is 0 Å². The minimum absolute atomic E-state index is 0.414. The lowest BCUT2D eigenvalue weighted by molar-refractivity contribution is 0.425. The molecule has 0 amide bonds. The van der Waals surface area contributed by atoms with Gasteiger partial charge in [0.1, 0.15) is 0 Å². The zero-order chi connectivity index (χ0) is 52.2. The number of aromatic nitrogens is 10. The third-order valence-corrected chi connectivity index (χ3v) is 13.4. The van der Waals surface area contributed by atoms with E-state index in [-0.39, 0.29) is 0 Å². The summed E-state index contributed by atoms with van der Waals surface area (Å²) < 4.78 is 7.22. The van der Waals surface area contributed by atoms with Gasteiger partial charge in [-0.15, -0.1) is 20.4 Å². The molecule has 76 heavy (non-hydrogen) atoms. The van der Waals surface area contributed by atoms with Crippen LogP contribution in [0.5, 0.6) is 0 Å². The molecule has 2 N–H and O–H groups in total. The average molecular weight is 1190 g/mol. The second-order valence-electron chi connectivity index (χ2n) is 17.0. The minimum Gasteiger partial charge on any atom is -0.423 e. The summed E-state index contributed by atoms with van der Waals surface area (Å²) >= 11 is 10.6. The molecule has 0 fully saturated rings. The molecule has 0 saturated carbocycles. The zero-order valence-corrected chi connectivity index (χ0v) is 44.9. The van der Waals surface area contributed by atoms with Gasteiger partial charge in [0.25, 0.3) is 0 Å². The molecule has 0 spiro atoms. The van der Waals surface area contributed by atoms with Crippen LogP contribution in [0.1, 0.15) is 0 Å². The van der Waals surface area contributed by atoms with Gasteiger partial charge in [0, 0.05) is 113 Å². The molecule has 6 aromatic carbocycles. The fourth-order valence-electron chi connectivity index (χ4n) is 8.31. The Kier molecular flexibility index (Phi) is 16.4. The predicted molar refractivity (Wildman–Crippen MR) is 311 cm³/mol. The number of benzene rings is 6. The first-order chi connectivity index (χ1) is 37.3. The molecule has 16 heteroatoms. The molecule has 12 rings (SSSR count). The highest BCUT2D eigenvalue weighted by molar-refractivity contribution is 9.11. The van der Waals surface area contributed by atoms with Crippen LogP contribution in [0.25, 0.3) is 90.3 Å². The summed E-state index contributed by atoms with van der Waals surface area (Å²) in [4.78, 5) is 16.6. The Bertz CT molecular complexity index is 3710. The molecule has 0 atom stereocenters. The molecule has 12 aromatic rings. The van der Waals surface area contributed by atoms with Crippen LogP contribution < -0.4 is 5.46 Å². The van der Waals surface area contributed by atoms with E-state index in [9.17, 15) is 0 Å². The number of pyridine rings is 4. The van der Waals surface area contributed by atoms with Crippen molar-refractivity contribution in [3.8, 4) is 90.3 Å². The summed E-state index contributed by atoms with van der Waals surface area (Å²) in [6.45, 7) is 0. The van der Waals surface area contributed by atoms with Crippen LogP contribution in [0.15, 0.2) is 257 Å². The van der Waals surface area contributed by atoms with E-state index < -0.39 is 7.12 Å². The summed E-state index contributed by atoms with van der Waals surface area (Å²) in [6.07, 6.45) is 14.0. The molecule has 0 radical (unpaired) electrons. The molecule has 0 aliphatic rings. The fourth-order valence-corrected chi connectivity index (χ4v) is 9.49. The Hall–Kier alpha value is -8.38. The summed E-state index contributed by atoms with van der Waals surface area (Å²) in [5.41, 5.74) is 12.6. The van der Waals surface area contributed by atoms with Crippen LogP contribution in [-0.4, -0.2) is 66.6 Å². The number of hydrogen-bond acceptors (Lipinski definition) is 10. The van der Waals surface area contributed by atoms with E-state index >= 15 is 0 Å². The lowest BCUT2D eigenvalue weighted by Gasteiger charge is -2.14. The third-order valence-electron chi connectivity index (χ3n) is 11.9. The van der Waals surface area contributed by atoms with Crippen molar-refractivity contribution < 1.29 is 10.0 Å². The van der Waals surface area contributed by atoms with Crippen molar-refractivity contribution >= 4 is 60.4 Å². The van der Waals surface area contributed by atoms with E-state index in [1.54, 1.807) is 36.9 Å². The Morgan fingerprint density at radius 2 is 0.618 bits per heavy atom.